The summed E-state index contributed by atoms with van der Waals surface area (Å²) in [5, 5.41) is 23.9. The van der Waals surface area contributed by atoms with E-state index in [1.54, 1.807) is 21.6 Å². The summed E-state index contributed by atoms with van der Waals surface area (Å²) >= 11 is 0. The number of piperidine rings is 1. The summed E-state index contributed by atoms with van der Waals surface area (Å²) < 4.78 is 8.88. The van der Waals surface area contributed by atoms with Crippen molar-refractivity contribution < 1.29 is 14.4 Å². The first-order valence-electron chi connectivity index (χ1n) is 9.86. The van der Waals surface area contributed by atoms with Crippen LogP contribution in [0.3, 0.4) is 0 Å². The molecule has 2 bridgehead atoms. The van der Waals surface area contributed by atoms with Gasteiger partial charge in [0, 0.05) is 57.5 Å². The maximum atomic E-state index is 13.2. The van der Waals surface area contributed by atoms with Crippen LogP contribution >= 0.6 is 0 Å². The SMILES string of the molecule is Cc1nn(C)cc1-c1cc(C(=O)N2[C@@H]3CC[C@@H]2CC(O)(c2ccnn2C)C3)no1. The molecule has 2 saturated heterocycles. The number of fused-ring (bicyclic) bond motifs is 2. The summed E-state index contributed by atoms with van der Waals surface area (Å²) in [6.07, 6.45) is 6.31. The smallest absolute Gasteiger partial charge is 0.276 e. The lowest BCUT2D eigenvalue weighted by Crippen LogP contribution is -2.52. The van der Waals surface area contributed by atoms with Crippen molar-refractivity contribution in [3.63, 3.8) is 0 Å². The quantitative estimate of drug-likeness (QED) is 0.724. The van der Waals surface area contributed by atoms with E-state index in [4.69, 9.17) is 4.52 Å². The molecule has 0 aromatic carbocycles. The molecule has 2 atom stereocenters. The van der Waals surface area contributed by atoms with E-state index in [0.29, 0.717) is 24.3 Å². The number of rotatable bonds is 3. The highest BCUT2D eigenvalue weighted by Gasteiger charge is 2.51. The highest BCUT2D eigenvalue weighted by molar-refractivity contribution is 5.94. The van der Waals surface area contributed by atoms with Gasteiger partial charge >= 0.3 is 0 Å². The van der Waals surface area contributed by atoms with Crippen LogP contribution in [0.15, 0.2) is 29.0 Å². The Morgan fingerprint density at radius 2 is 2.00 bits per heavy atom. The Hall–Kier alpha value is -2.94. The zero-order chi connectivity index (χ0) is 20.3. The molecule has 3 aromatic heterocycles. The summed E-state index contributed by atoms with van der Waals surface area (Å²) in [6.45, 7) is 1.89. The van der Waals surface area contributed by atoms with Gasteiger partial charge in [-0.05, 0) is 25.8 Å². The van der Waals surface area contributed by atoms with E-state index in [2.05, 4.69) is 15.4 Å². The van der Waals surface area contributed by atoms with E-state index in [9.17, 15) is 9.90 Å². The van der Waals surface area contributed by atoms with Crippen LogP contribution in [0, 0.1) is 6.92 Å². The van der Waals surface area contributed by atoms with E-state index in [1.165, 1.54) is 0 Å². The Bertz CT molecular complexity index is 1070. The van der Waals surface area contributed by atoms with E-state index in [-0.39, 0.29) is 18.0 Å². The molecule has 2 fully saturated rings. The second-order valence-corrected chi connectivity index (χ2v) is 8.26. The third-order valence-electron chi connectivity index (χ3n) is 6.31. The molecule has 2 aliphatic heterocycles. The molecule has 9 heteroatoms. The second kappa shape index (κ2) is 6.28. The lowest BCUT2D eigenvalue weighted by molar-refractivity contribution is -0.0532. The van der Waals surface area contributed by atoms with Gasteiger partial charge in [0.05, 0.1) is 17.0 Å². The van der Waals surface area contributed by atoms with Crippen molar-refractivity contribution in [2.75, 3.05) is 0 Å². The highest BCUT2D eigenvalue weighted by atomic mass is 16.5. The molecule has 152 valence electrons. The molecule has 29 heavy (non-hydrogen) atoms. The van der Waals surface area contributed by atoms with Gasteiger partial charge in [-0.25, -0.2) is 0 Å². The first kappa shape index (κ1) is 18.1. The molecule has 0 spiro atoms. The molecular weight excluding hydrogens is 372 g/mol. The van der Waals surface area contributed by atoms with Crippen LogP contribution in [-0.2, 0) is 19.7 Å². The summed E-state index contributed by atoms with van der Waals surface area (Å²) in [5.74, 6) is 0.399. The van der Waals surface area contributed by atoms with E-state index in [0.717, 1.165) is 29.8 Å². The van der Waals surface area contributed by atoms with Gasteiger partial charge in [0.1, 0.15) is 5.60 Å². The van der Waals surface area contributed by atoms with E-state index in [1.807, 2.05) is 38.2 Å². The second-order valence-electron chi connectivity index (χ2n) is 8.26. The summed E-state index contributed by atoms with van der Waals surface area (Å²) in [7, 11) is 3.68. The minimum atomic E-state index is -0.963. The number of nitrogens with zero attached hydrogens (tertiary/aromatic N) is 6. The normalized spacial score (nSPS) is 26.3. The van der Waals surface area contributed by atoms with E-state index >= 15 is 0 Å². The average molecular weight is 396 g/mol. The van der Waals surface area contributed by atoms with Crippen LogP contribution in [0.4, 0.5) is 0 Å². The van der Waals surface area contributed by atoms with Gasteiger partial charge < -0.3 is 14.5 Å². The van der Waals surface area contributed by atoms with Gasteiger partial charge in [-0.2, -0.15) is 10.2 Å². The van der Waals surface area contributed by atoms with Crippen molar-refractivity contribution in [3.05, 3.63) is 41.6 Å². The number of amides is 1. The van der Waals surface area contributed by atoms with Gasteiger partial charge in [-0.15, -0.1) is 0 Å². The molecule has 5 rings (SSSR count). The number of aryl methyl sites for hydroxylation is 3. The monoisotopic (exact) mass is 396 g/mol. The first-order valence-corrected chi connectivity index (χ1v) is 9.86. The minimum Gasteiger partial charge on any atom is -0.383 e. The Morgan fingerprint density at radius 3 is 2.59 bits per heavy atom. The number of aromatic nitrogens is 5. The first-order chi connectivity index (χ1) is 13.9. The van der Waals surface area contributed by atoms with Crippen LogP contribution < -0.4 is 0 Å². The summed E-state index contributed by atoms with van der Waals surface area (Å²) in [4.78, 5) is 15.1. The molecule has 0 radical (unpaired) electrons. The zero-order valence-corrected chi connectivity index (χ0v) is 16.7. The Kier molecular flexibility index (Phi) is 3.92. The van der Waals surface area contributed by atoms with Gasteiger partial charge in [0.2, 0.25) is 0 Å². The topological polar surface area (TPSA) is 102 Å². The van der Waals surface area contributed by atoms with Crippen molar-refractivity contribution in [2.45, 2.75) is 50.3 Å². The maximum Gasteiger partial charge on any atom is 0.276 e. The third kappa shape index (κ3) is 2.79. The zero-order valence-electron chi connectivity index (χ0n) is 16.7. The summed E-state index contributed by atoms with van der Waals surface area (Å²) in [6, 6.07) is 3.49. The van der Waals surface area contributed by atoms with Gasteiger partial charge in [-0.1, -0.05) is 5.16 Å². The van der Waals surface area contributed by atoms with Gasteiger partial charge in [-0.3, -0.25) is 14.2 Å². The fourth-order valence-electron chi connectivity index (χ4n) is 5.07. The van der Waals surface area contributed by atoms with Crippen molar-refractivity contribution in [3.8, 4) is 11.3 Å². The van der Waals surface area contributed by atoms with Crippen LogP contribution in [-0.4, -0.2) is 52.7 Å². The van der Waals surface area contributed by atoms with Crippen LogP contribution in [0.1, 0.15) is 47.6 Å². The molecule has 0 saturated carbocycles. The molecule has 1 amide bonds. The number of carbonyl (C=O) groups is 1. The number of aliphatic hydroxyl groups is 1. The highest BCUT2D eigenvalue weighted by Crippen LogP contribution is 2.46. The Balaban J connectivity index is 1.40. The standard InChI is InChI=1S/C20H24N6O3/c1-12-15(11-24(2)22-12)17-8-16(23-29-17)19(27)26-13-4-5-14(26)10-20(28,9-13)18-6-7-21-25(18)3/h6-8,11,13-14,28H,4-5,9-10H2,1-3H3/t13-,14-/m1/s1. The molecular formula is C20H24N6O3. The average Bonchev–Trinajstić information content (AvgIpc) is 3.42. The van der Waals surface area contributed by atoms with Crippen LogP contribution in [0.25, 0.3) is 11.3 Å². The largest absolute Gasteiger partial charge is 0.383 e. The van der Waals surface area contributed by atoms with Gasteiger partial charge in [0.15, 0.2) is 11.5 Å². The number of carbonyl (C=O) groups excluding carboxylic acids is 1. The molecule has 0 aliphatic carbocycles. The van der Waals surface area contributed by atoms with Crippen LogP contribution in [0.5, 0.6) is 0 Å². The van der Waals surface area contributed by atoms with E-state index < -0.39 is 5.60 Å². The Labute approximate surface area is 167 Å². The fourth-order valence-corrected chi connectivity index (χ4v) is 5.07. The Morgan fingerprint density at radius 1 is 1.28 bits per heavy atom. The predicted molar refractivity (Wildman–Crippen MR) is 103 cm³/mol. The van der Waals surface area contributed by atoms with Gasteiger partial charge in [0.25, 0.3) is 5.91 Å². The molecule has 5 heterocycles. The third-order valence-corrected chi connectivity index (χ3v) is 6.31. The number of hydrogen-bond donors (Lipinski definition) is 1. The summed E-state index contributed by atoms with van der Waals surface area (Å²) in [5.41, 5.74) is 1.78. The molecule has 3 aromatic rings. The van der Waals surface area contributed by atoms with Crippen molar-refractivity contribution >= 4 is 5.91 Å². The minimum absolute atomic E-state index is 0.0265. The van der Waals surface area contributed by atoms with Crippen molar-refractivity contribution in [1.82, 2.24) is 29.6 Å². The molecule has 9 nitrogen and oxygen atoms in total. The van der Waals surface area contributed by atoms with Crippen LogP contribution in [0.2, 0.25) is 0 Å². The predicted octanol–water partition coefficient (Wildman–Crippen LogP) is 1.77. The lowest BCUT2D eigenvalue weighted by Gasteiger charge is -2.43. The number of hydrogen-bond acceptors (Lipinski definition) is 6. The van der Waals surface area contributed by atoms with Crippen molar-refractivity contribution in [2.24, 2.45) is 14.1 Å². The maximum absolute atomic E-state index is 13.2. The van der Waals surface area contributed by atoms with Crippen molar-refractivity contribution in [1.29, 1.82) is 0 Å². The molecule has 2 aliphatic rings. The lowest BCUT2D eigenvalue weighted by atomic mass is 9.83. The molecule has 1 N–H and O–H groups in total. The molecule has 0 unspecified atom stereocenters. The fraction of sp³-hybridized carbons (Fsp3) is 0.500.